The predicted octanol–water partition coefficient (Wildman–Crippen LogP) is 4.13. The van der Waals surface area contributed by atoms with Gasteiger partial charge in [0.25, 0.3) is 0 Å². The van der Waals surface area contributed by atoms with E-state index in [-0.39, 0.29) is 5.92 Å². The zero-order chi connectivity index (χ0) is 16.5. The van der Waals surface area contributed by atoms with E-state index in [2.05, 4.69) is 31.0 Å². The number of anilines is 1. The maximum Gasteiger partial charge on any atom is 0.239 e. The highest BCUT2D eigenvalue weighted by Crippen LogP contribution is 2.27. The van der Waals surface area contributed by atoms with Gasteiger partial charge in [0, 0.05) is 12.1 Å². The number of pyridine rings is 1. The Balaban J connectivity index is 2.12. The molecule has 4 nitrogen and oxygen atoms in total. The van der Waals surface area contributed by atoms with Crippen molar-refractivity contribution in [2.75, 3.05) is 11.7 Å². The smallest absolute Gasteiger partial charge is 0.239 e. The van der Waals surface area contributed by atoms with Crippen molar-refractivity contribution < 1.29 is 9.63 Å². The van der Waals surface area contributed by atoms with Crippen molar-refractivity contribution in [1.29, 1.82) is 0 Å². The summed E-state index contributed by atoms with van der Waals surface area (Å²) in [6.45, 7) is 6.62. The molecular formula is C19H23N2O2. The maximum absolute atomic E-state index is 11.1. The third kappa shape index (κ3) is 4.63. The Morgan fingerprint density at radius 2 is 2.00 bits per heavy atom. The number of unbranched alkanes of at least 4 members (excludes halogenated alkanes) is 1. The van der Waals surface area contributed by atoms with Crippen LogP contribution in [0.3, 0.4) is 0 Å². The summed E-state index contributed by atoms with van der Waals surface area (Å²) in [4.78, 5) is 20.9. The predicted molar refractivity (Wildman–Crippen MR) is 91.9 cm³/mol. The molecule has 1 radical (unpaired) electrons. The number of hydroxylamine groups is 1. The summed E-state index contributed by atoms with van der Waals surface area (Å²) in [7, 11) is 0. The lowest BCUT2D eigenvalue weighted by Gasteiger charge is -2.18. The molecule has 0 spiro atoms. The largest absolute Gasteiger partial charge is 0.276 e. The first-order valence-electron chi connectivity index (χ1n) is 7.97. The summed E-state index contributed by atoms with van der Waals surface area (Å²) in [5.41, 5.74) is 2.29. The Bertz CT molecular complexity index is 584. The van der Waals surface area contributed by atoms with Crippen molar-refractivity contribution in [2.24, 2.45) is 0 Å². The molecule has 2 rings (SSSR count). The lowest BCUT2D eigenvalue weighted by atomic mass is 9.90. The van der Waals surface area contributed by atoms with Gasteiger partial charge in [0.1, 0.15) is 0 Å². The van der Waals surface area contributed by atoms with Gasteiger partial charge in [-0.15, -0.1) is 0 Å². The van der Waals surface area contributed by atoms with Gasteiger partial charge in [-0.25, -0.2) is 4.98 Å². The molecule has 0 aliphatic rings. The van der Waals surface area contributed by atoms with Crippen LogP contribution in [0, 0.1) is 6.92 Å². The Morgan fingerprint density at radius 1 is 1.22 bits per heavy atom. The van der Waals surface area contributed by atoms with Crippen molar-refractivity contribution in [3.8, 4) is 0 Å². The Kier molecular flexibility index (Phi) is 6.76. The lowest BCUT2D eigenvalue weighted by molar-refractivity contribution is -0.114. The minimum atomic E-state index is 0.198. The number of amides is 1. The fourth-order valence-electron chi connectivity index (χ4n) is 2.40. The summed E-state index contributed by atoms with van der Waals surface area (Å²) in [6, 6.07) is 14.0. The van der Waals surface area contributed by atoms with Gasteiger partial charge in [0.05, 0.1) is 6.61 Å². The fourth-order valence-corrected chi connectivity index (χ4v) is 2.40. The van der Waals surface area contributed by atoms with Crippen LogP contribution in [0.2, 0.25) is 0 Å². The second kappa shape index (κ2) is 9.06. The third-order valence-corrected chi connectivity index (χ3v) is 3.71. The maximum atomic E-state index is 11.1. The molecule has 1 amide bonds. The first kappa shape index (κ1) is 17.2. The molecule has 4 heteroatoms. The quantitative estimate of drug-likeness (QED) is 0.397. The number of nitrogens with zero attached hydrogens (tertiary/aromatic N) is 2. The number of aromatic nitrogens is 1. The first-order chi connectivity index (χ1) is 11.3. The minimum Gasteiger partial charge on any atom is -0.276 e. The molecule has 0 aliphatic heterocycles. The van der Waals surface area contributed by atoms with Crippen molar-refractivity contribution in [2.45, 2.75) is 32.1 Å². The minimum absolute atomic E-state index is 0.198. The third-order valence-electron chi connectivity index (χ3n) is 3.71. The van der Waals surface area contributed by atoms with Crippen molar-refractivity contribution in [3.05, 3.63) is 66.7 Å². The van der Waals surface area contributed by atoms with Crippen LogP contribution in [0.1, 0.15) is 43.2 Å². The molecule has 0 aliphatic carbocycles. The summed E-state index contributed by atoms with van der Waals surface area (Å²) < 4.78 is 0. The van der Waals surface area contributed by atoms with Gasteiger partial charge in [-0.2, -0.15) is 5.06 Å². The van der Waals surface area contributed by atoms with Gasteiger partial charge >= 0.3 is 0 Å². The molecular weight excluding hydrogens is 288 g/mol. The first-order valence-corrected chi connectivity index (χ1v) is 7.97. The summed E-state index contributed by atoms with van der Waals surface area (Å²) in [6.07, 6.45) is 5.10. The van der Waals surface area contributed by atoms with E-state index in [0.29, 0.717) is 18.8 Å². The average molecular weight is 311 g/mol. The van der Waals surface area contributed by atoms with Gasteiger partial charge in [-0.05, 0) is 30.0 Å². The van der Waals surface area contributed by atoms with E-state index in [1.807, 2.05) is 24.3 Å². The molecule has 0 saturated carbocycles. The number of hydrogen-bond donors (Lipinski definition) is 0. The van der Waals surface area contributed by atoms with E-state index in [9.17, 15) is 4.79 Å². The molecule has 121 valence electrons. The van der Waals surface area contributed by atoms with Crippen LogP contribution in [-0.2, 0) is 9.63 Å². The normalized spacial score (nSPS) is 11.9. The van der Waals surface area contributed by atoms with Crippen molar-refractivity contribution >= 4 is 12.2 Å². The summed E-state index contributed by atoms with van der Waals surface area (Å²) in [5.74, 6) is 0.694. The van der Waals surface area contributed by atoms with E-state index in [1.165, 1.54) is 10.6 Å². The van der Waals surface area contributed by atoms with Crippen LogP contribution < -0.4 is 5.06 Å². The second-order valence-corrected chi connectivity index (χ2v) is 5.32. The zero-order valence-electron chi connectivity index (χ0n) is 13.5. The lowest BCUT2D eigenvalue weighted by Crippen LogP contribution is -2.23. The van der Waals surface area contributed by atoms with Crippen LogP contribution in [0.25, 0.3) is 0 Å². The van der Waals surface area contributed by atoms with E-state index in [1.54, 1.807) is 12.3 Å². The zero-order valence-corrected chi connectivity index (χ0v) is 13.5. The highest BCUT2D eigenvalue weighted by Gasteiger charge is 2.14. The highest BCUT2D eigenvalue weighted by atomic mass is 16.7. The van der Waals surface area contributed by atoms with Gasteiger partial charge in [0.2, 0.25) is 6.41 Å². The molecule has 0 N–H and O–H groups in total. The average Bonchev–Trinajstić information content (AvgIpc) is 2.61. The van der Waals surface area contributed by atoms with Crippen LogP contribution in [0.4, 0.5) is 5.82 Å². The Morgan fingerprint density at radius 3 is 2.57 bits per heavy atom. The monoisotopic (exact) mass is 311 g/mol. The number of carbonyl (C=O) groups excluding carboxylic acids is 1. The molecule has 1 aromatic carbocycles. The fraction of sp³-hybridized carbons (Fsp3) is 0.316. The van der Waals surface area contributed by atoms with Crippen LogP contribution in [0.5, 0.6) is 0 Å². The van der Waals surface area contributed by atoms with E-state index >= 15 is 0 Å². The van der Waals surface area contributed by atoms with Crippen LogP contribution >= 0.6 is 0 Å². The van der Waals surface area contributed by atoms with Crippen molar-refractivity contribution in [1.82, 2.24) is 4.98 Å². The van der Waals surface area contributed by atoms with Gasteiger partial charge in [-0.1, -0.05) is 56.7 Å². The molecule has 0 fully saturated rings. The molecule has 0 bridgehead atoms. The summed E-state index contributed by atoms with van der Waals surface area (Å²) in [5, 5.41) is 1.18. The van der Waals surface area contributed by atoms with Crippen molar-refractivity contribution in [3.63, 3.8) is 0 Å². The highest BCUT2D eigenvalue weighted by molar-refractivity contribution is 5.69. The molecule has 1 unspecified atom stereocenters. The van der Waals surface area contributed by atoms with E-state index < -0.39 is 0 Å². The van der Waals surface area contributed by atoms with Gasteiger partial charge in [-0.3, -0.25) is 9.63 Å². The topological polar surface area (TPSA) is 42.4 Å². The molecule has 1 atom stereocenters. The Hall–Kier alpha value is -2.20. The number of carbonyl (C=O) groups is 1. The van der Waals surface area contributed by atoms with Crippen LogP contribution in [0.15, 0.2) is 48.7 Å². The molecule has 2 aromatic rings. The SMILES string of the molecule is [CH2]CC(c1ccccc1)c1ccc(N(C=O)OCCCC)nc1. The summed E-state index contributed by atoms with van der Waals surface area (Å²) >= 11 is 0. The van der Waals surface area contributed by atoms with Gasteiger partial charge in [0.15, 0.2) is 5.82 Å². The number of rotatable bonds is 9. The second-order valence-electron chi connectivity index (χ2n) is 5.32. The molecule has 1 heterocycles. The van der Waals surface area contributed by atoms with Gasteiger partial charge < -0.3 is 0 Å². The Labute approximate surface area is 138 Å². The molecule has 1 aromatic heterocycles. The standard InChI is InChI=1S/C19H23N2O2/c1-3-5-13-23-21(15-22)19-12-11-17(14-20-19)18(4-2)16-9-7-6-8-10-16/h6-12,14-15,18H,2-5,13H2,1H3. The molecule has 23 heavy (non-hydrogen) atoms. The molecule has 0 saturated heterocycles. The van der Waals surface area contributed by atoms with Crippen LogP contribution in [-0.4, -0.2) is 18.0 Å². The van der Waals surface area contributed by atoms with E-state index in [4.69, 9.17) is 4.84 Å². The number of benzene rings is 1. The number of hydrogen-bond acceptors (Lipinski definition) is 3. The van der Waals surface area contributed by atoms with E-state index in [0.717, 1.165) is 24.8 Å².